The van der Waals surface area contributed by atoms with E-state index < -0.39 is 6.04 Å². The number of nitrogens with two attached hydrogens (primary N) is 1. The molecule has 1 aliphatic heterocycles. The Labute approximate surface area is 168 Å². The lowest BCUT2D eigenvalue weighted by atomic mass is 9.99. The zero-order chi connectivity index (χ0) is 19.7. The Kier molecular flexibility index (Phi) is 5.03. The fraction of sp³-hybridized carbons (Fsp3) is 0.182. The largest absolute Gasteiger partial charge is 0.461 e. The zero-order valence-electron chi connectivity index (χ0n) is 15.4. The molecule has 1 aliphatic rings. The highest BCUT2D eigenvalue weighted by atomic mass is 35.5. The third-order valence-corrected chi connectivity index (χ3v) is 5.29. The van der Waals surface area contributed by atoms with Crippen LogP contribution in [0.4, 0.5) is 5.69 Å². The number of hydrogen-bond donors (Lipinski definition) is 1. The third-order valence-electron chi connectivity index (χ3n) is 5.06. The molecule has 2 aromatic carbocycles. The standard InChI is InChI=1S/C22H20ClN3O2/c1-26-17-10-9-15(23)12-16(17)21(14-6-3-2-4-7-14)25-13-18(26)20(24)22(27)19-8-5-11-28-19/h2-12,18,20H,13,24H2,1H3. The monoisotopic (exact) mass is 393 g/mol. The van der Waals surface area contributed by atoms with Crippen LogP contribution in [0.2, 0.25) is 5.02 Å². The van der Waals surface area contributed by atoms with Crippen molar-refractivity contribution in [3.63, 3.8) is 0 Å². The fourth-order valence-electron chi connectivity index (χ4n) is 3.53. The quantitative estimate of drug-likeness (QED) is 0.684. The number of carbonyl (C=O) groups is 1. The SMILES string of the molecule is CN1c2ccc(Cl)cc2C(c2ccccc2)=NCC1C(N)C(=O)c1ccco1. The lowest BCUT2D eigenvalue weighted by molar-refractivity contribution is 0.0922. The van der Waals surface area contributed by atoms with Crippen LogP contribution in [0.15, 0.2) is 76.3 Å². The Morgan fingerprint density at radius 3 is 2.71 bits per heavy atom. The van der Waals surface area contributed by atoms with Crippen molar-refractivity contribution in [1.29, 1.82) is 0 Å². The highest BCUT2D eigenvalue weighted by Gasteiger charge is 2.33. The fourth-order valence-corrected chi connectivity index (χ4v) is 3.70. The van der Waals surface area contributed by atoms with E-state index in [1.165, 1.54) is 6.26 Å². The van der Waals surface area contributed by atoms with Gasteiger partial charge < -0.3 is 15.1 Å². The first kappa shape index (κ1) is 18.5. The normalized spacial score (nSPS) is 17.5. The van der Waals surface area contributed by atoms with E-state index in [0.717, 1.165) is 22.5 Å². The molecule has 0 saturated carbocycles. The number of benzene rings is 2. The lowest BCUT2D eigenvalue weighted by Gasteiger charge is -2.32. The number of Topliss-reactive ketones (excluding diaryl/α,β-unsaturated/α-hetero) is 1. The summed E-state index contributed by atoms with van der Waals surface area (Å²) in [6.45, 7) is 0.376. The summed E-state index contributed by atoms with van der Waals surface area (Å²) in [6.07, 6.45) is 1.47. The predicted octanol–water partition coefficient (Wildman–Crippen LogP) is 3.80. The first-order valence-electron chi connectivity index (χ1n) is 9.02. The topological polar surface area (TPSA) is 71.8 Å². The number of nitrogens with zero attached hydrogens (tertiary/aromatic N) is 2. The molecule has 0 fully saturated rings. The van der Waals surface area contributed by atoms with Gasteiger partial charge in [-0.25, -0.2) is 0 Å². The van der Waals surface area contributed by atoms with Gasteiger partial charge in [-0.2, -0.15) is 0 Å². The Hall–Kier alpha value is -2.89. The number of ketones is 1. The molecule has 4 rings (SSSR count). The Bertz CT molecular complexity index is 1020. The number of anilines is 1. The Morgan fingerprint density at radius 1 is 1.21 bits per heavy atom. The van der Waals surface area contributed by atoms with Crippen molar-refractivity contribution in [2.75, 3.05) is 18.5 Å². The molecule has 28 heavy (non-hydrogen) atoms. The van der Waals surface area contributed by atoms with Gasteiger partial charge in [-0.05, 0) is 30.3 Å². The van der Waals surface area contributed by atoms with E-state index in [4.69, 9.17) is 26.7 Å². The van der Waals surface area contributed by atoms with Gasteiger partial charge in [-0.15, -0.1) is 0 Å². The zero-order valence-corrected chi connectivity index (χ0v) is 16.1. The first-order chi connectivity index (χ1) is 13.6. The molecule has 2 atom stereocenters. The predicted molar refractivity (Wildman–Crippen MR) is 112 cm³/mol. The van der Waals surface area contributed by atoms with Crippen molar-refractivity contribution in [2.24, 2.45) is 10.7 Å². The van der Waals surface area contributed by atoms with Gasteiger partial charge in [0.15, 0.2) is 5.76 Å². The van der Waals surface area contributed by atoms with E-state index in [-0.39, 0.29) is 17.6 Å². The summed E-state index contributed by atoms with van der Waals surface area (Å²) in [5.41, 5.74) is 10.0. The van der Waals surface area contributed by atoms with Crippen molar-refractivity contribution in [2.45, 2.75) is 12.1 Å². The third kappa shape index (κ3) is 3.35. The van der Waals surface area contributed by atoms with Gasteiger partial charge in [0, 0.05) is 28.9 Å². The van der Waals surface area contributed by atoms with E-state index in [1.54, 1.807) is 12.1 Å². The number of furan rings is 1. The summed E-state index contributed by atoms with van der Waals surface area (Å²) in [7, 11) is 1.93. The van der Waals surface area contributed by atoms with E-state index >= 15 is 0 Å². The average molecular weight is 394 g/mol. The van der Waals surface area contributed by atoms with Crippen LogP contribution < -0.4 is 10.6 Å². The molecule has 0 radical (unpaired) electrons. The Morgan fingerprint density at radius 2 is 2.00 bits per heavy atom. The van der Waals surface area contributed by atoms with Crippen LogP contribution in [0.5, 0.6) is 0 Å². The van der Waals surface area contributed by atoms with Crippen LogP contribution in [-0.4, -0.2) is 37.2 Å². The second kappa shape index (κ2) is 7.62. The van der Waals surface area contributed by atoms with Crippen LogP contribution in [0.25, 0.3) is 0 Å². The second-order valence-corrected chi connectivity index (χ2v) is 7.20. The lowest BCUT2D eigenvalue weighted by Crippen LogP contribution is -2.52. The number of benzodiazepines with no additional fused rings is 1. The van der Waals surface area contributed by atoms with E-state index in [2.05, 4.69) is 0 Å². The summed E-state index contributed by atoms with van der Waals surface area (Å²) in [6, 6.07) is 17.8. The van der Waals surface area contributed by atoms with Gasteiger partial charge in [0.1, 0.15) is 0 Å². The number of hydrogen-bond acceptors (Lipinski definition) is 5. The molecule has 0 saturated heterocycles. The minimum atomic E-state index is -0.779. The van der Waals surface area contributed by atoms with Crippen LogP contribution in [0, 0.1) is 0 Å². The molecule has 3 aromatic rings. The number of carbonyl (C=O) groups excluding carboxylic acids is 1. The van der Waals surface area contributed by atoms with E-state index in [1.807, 2.05) is 60.5 Å². The smallest absolute Gasteiger partial charge is 0.216 e. The van der Waals surface area contributed by atoms with E-state index in [9.17, 15) is 4.79 Å². The summed E-state index contributed by atoms with van der Waals surface area (Å²) in [5, 5.41) is 0.630. The average Bonchev–Trinajstić information content (AvgIpc) is 3.21. The van der Waals surface area contributed by atoms with Crippen molar-refractivity contribution in [3.05, 3.63) is 88.8 Å². The molecule has 2 N–H and O–H groups in total. The number of aliphatic imine (C=N–C) groups is 1. The maximum Gasteiger partial charge on any atom is 0.216 e. The van der Waals surface area contributed by atoms with Gasteiger partial charge in [0.05, 0.1) is 30.6 Å². The second-order valence-electron chi connectivity index (χ2n) is 6.76. The van der Waals surface area contributed by atoms with Gasteiger partial charge in [0.25, 0.3) is 0 Å². The molecule has 1 aromatic heterocycles. The van der Waals surface area contributed by atoms with Crippen LogP contribution in [-0.2, 0) is 0 Å². The number of rotatable bonds is 4. The van der Waals surface area contributed by atoms with Gasteiger partial charge in [0.2, 0.25) is 5.78 Å². The van der Waals surface area contributed by atoms with Crippen molar-refractivity contribution >= 4 is 28.8 Å². The maximum atomic E-state index is 12.8. The van der Waals surface area contributed by atoms with Crippen molar-refractivity contribution < 1.29 is 9.21 Å². The molecule has 0 aliphatic carbocycles. The molecular formula is C22H20ClN3O2. The molecular weight excluding hydrogens is 374 g/mol. The van der Waals surface area contributed by atoms with E-state index in [0.29, 0.717) is 11.6 Å². The Balaban J connectivity index is 1.78. The summed E-state index contributed by atoms with van der Waals surface area (Å²) in [4.78, 5) is 19.6. The number of halogens is 1. The molecule has 2 heterocycles. The molecule has 0 spiro atoms. The van der Waals surface area contributed by atoms with Crippen LogP contribution in [0.3, 0.4) is 0 Å². The van der Waals surface area contributed by atoms with Gasteiger partial charge in [-0.3, -0.25) is 9.79 Å². The van der Waals surface area contributed by atoms with Crippen molar-refractivity contribution in [3.8, 4) is 0 Å². The summed E-state index contributed by atoms with van der Waals surface area (Å²) < 4.78 is 5.25. The molecule has 6 heteroatoms. The first-order valence-corrected chi connectivity index (χ1v) is 9.40. The highest BCUT2D eigenvalue weighted by molar-refractivity contribution is 6.31. The number of likely N-dealkylation sites (N-methyl/N-ethyl adjacent to an activating group) is 1. The minimum absolute atomic E-state index is 0.240. The summed E-state index contributed by atoms with van der Waals surface area (Å²) in [5.74, 6) is 0.0180. The molecule has 2 unspecified atom stereocenters. The maximum absolute atomic E-state index is 12.8. The highest BCUT2D eigenvalue weighted by Crippen LogP contribution is 2.31. The molecule has 0 bridgehead atoms. The number of fused-ring (bicyclic) bond motifs is 1. The van der Waals surface area contributed by atoms with Crippen LogP contribution >= 0.6 is 11.6 Å². The van der Waals surface area contributed by atoms with Gasteiger partial charge >= 0.3 is 0 Å². The molecule has 142 valence electrons. The molecule has 0 amide bonds. The van der Waals surface area contributed by atoms with Gasteiger partial charge in [-0.1, -0.05) is 41.9 Å². The van der Waals surface area contributed by atoms with Crippen molar-refractivity contribution in [1.82, 2.24) is 0 Å². The minimum Gasteiger partial charge on any atom is -0.461 e. The molecule has 5 nitrogen and oxygen atoms in total. The summed E-state index contributed by atoms with van der Waals surface area (Å²) >= 11 is 6.28. The van der Waals surface area contributed by atoms with Crippen LogP contribution in [0.1, 0.15) is 21.7 Å².